The van der Waals surface area contributed by atoms with Crippen LogP contribution in [0.3, 0.4) is 0 Å². The highest BCUT2D eigenvalue weighted by Crippen LogP contribution is 2.37. The number of phenols is 1. The van der Waals surface area contributed by atoms with Crippen LogP contribution in [0.15, 0.2) is 18.2 Å². The molecule has 0 spiro atoms. The van der Waals surface area contributed by atoms with E-state index in [0.29, 0.717) is 11.2 Å². The fourth-order valence-electron chi connectivity index (χ4n) is 3.09. The first kappa shape index (κ1) is 17.0. The molecule has 2 nitrogen and oxygen atoms in total. The molecule has 1 aromatic carbocycles. The molecule has 0 radical (unpaired) electrons. The molecule has 2 heteroatoms. The molecule has 0 atom stereocenters. The van der Waals surface area contributed by atoms with Crippen LogP contribution in [0.1, 0.15) is 65.0 Å². The Kier molecular flexibility index (Phi) is 5.64. The van der Waals surface area contributed by atoms with Gasteiger partial charge in [-0.15, -0.1) is 0 Å². The highest BCUT2D eigenvalue weighted by Gasteiger charge is 2.27. The van der Waals surface area contributed by atoms with E-state index in [2.05, 4.69) is 46.8 Å². The maximum absolute atomic E-state index is 10.0. The molecule has 0 fully saturated rings. The van der Waals surface area contributed by atoms with Crippen molar-refractivity contribution in [1.82, 2.24) is 0 Å². The fraction of sp³-hybridized carbons (Fsp3) is 0.667. The zero-order valence-corrected chi connectivity index (χ0v) is 13.8. The van der Waals surface area contributed by atoms with E-state index in [1.807, 2.05) is 6.07 Å². The number of unbranched alkanes of at least 4 members (excludes halogenated alkanes) is 1. The second-order valence-corrected chi connectivity index (χ2v) is 7.71. The van der Waals surface area contributed by atoms with E-state index in [1.165, 1.54) is 5.56 Å². The Hall–Kier alpha value is -1.02. The number of hydrogen-bond donors (Lipinski definition) is 2. The molecule has 114 valence electrons. The van der Waals surface area contributed by atoms with E-state index in [1.54, 1.807) is 0 Å². The zero-order valence-electron chi connectivity index (χ0n) is 13.8. The van der Waals surface area contributed by atoms with Crippen LogP contribution in [0.25, 0.3) is 0 Å². The number of hydrogen-bond acceptors (Lipinski definition) is 2. The summed E-state index contributed by atoms with van der Waals surface area (Å²) in [6.45, 7) is 12.1. The van der Waals surface area contributed by atoms with Gasteiger partial charge in [0.05, 0.1) is 0 Å². The van der Waals surface area contributed by atoms with E-state index in [0.717, 1.165) is 37.8 Å². The molecule has 0 aliphatic rings. The first-order valence-corrected chi connectivity index (χ1v) is 7.68. The molecule has 0 amide bonds. The number of nitrogens with two attached hydrogens (primary N) is 1. The normalized spacial score (nSPS) is 12.7. The second-order valence-electron chi connectivity index (χ2n) is 7.71. The van der Waals surface area contributed by atoms with Crippen molar-refractivity contribution in [3.05, 3.63) is 29.3 Å². The molecule has 1 rings (SSSR count). The summed E-state index contributed by atoms with van der Waals surface area (Å²) in [6, 6.07) is 6.09. The minimum Gasteiger partial charge on any atom is -0.508 e. The molecule has 3 N–H and O–H groups in total. The molecule has 0 saturated heterocycles. The van der Waals surface area contributed by atoms with Gasteiger partial charge < -0.3 is 10.8 Å². The predicted octanol–water partition coefficient (Wildman–Crippen LogP) is 4.39. The second kappa shape index (κ2) is 6.62. The van der Waals surface area contributed by atoms with E-state index in [9.17, 15) is 5.11 Å². The fourth-order valence-corrected chi connectivity index (χ4v) is 3.09. The van der Waals surface area contributed by atoms with Gasteiger partial charge in [0.15, 0.2) is 0 Å². The molecule has 0 aliphatic heterocycles. The van der Waals surface area contributed by atoms with Gasteiger partial charge in [0.1, 0.15) is 5.75 Å². The summed E-state index contributed by atoms with van der Waals surface area (Å²) in [7, 11) is 0. The number of benzene rings is 1. The van der Waals surface area contributed by atoms with Gasteiger partial charge >= 0.3 is 0 Å². The molecule has 0 saturated carbocycles. The number of aromatic hydroxyl groups is 1. The molecule has 0 aliphatic carbocycles. The van der Waals surface area contributed by atoms with E-state index in [-0.39, 0.29) is 5.41 Å². The number of rotatable bonds is 6. The van der Waals surface area contributed by atoms with Crippen LogP contribution in [0.4, 0.5) is 0 Å². The number of aryl methyl sites for hydroxylation is 1. The topological polar surface area (TPSA) is 46.2 Å². The van der Waals surface area contributed by atoms with Crippen molar-refractivity contribution in [3.8, 4) is 5.75 Å². The first-order valence-electron chi connectivity index (χ1n) is 7.68. The lowest BCUT2D eigenvalue weighted by Crippen LogP contribution is -2.24. The van der Waals surface area contributed by atoms with Gasteiger partial charge in [-0.25, -0.2) is 0 Å². The monoisotopic (exact) mass is 277 g/mol. The summed E-state index contributed by atoms with van der Waals surface area (Å²) in [5, 5.41) is 10.0. The molecule has 0 aromatic heterocycles. The van der Waals surface area contributed by atoms with Crippen molar-refractivity contribution < 1.29 is 5.11 Å². The molecule has 20 heavy (non-hydrogen) atoms. The van der Waals surface area contributed by atoms with Gasteiger partial charge in [0.2, 0.25) is 0 Å². The largest absolute Gasteiger partial charge is 0.508 e. The third-order valence-corrected chi connectivity index (χ3v) is 3.73. The summed E-state index contributed by atoms with van der Waals surface area (Å²) in [4.78, 5) is 0. The summed E-state index contributed by atoms with van der Waals surface area (Å²) >= 11 is 0. The van der Waals surface area contributed by atoms with Crippen molar-refractivity contribution in [2.24, 2.45) is 11.1 Å². The van der Waals surface area contributed by atoms with Crippen molar-refractivity contribution in [3.63, 3.8) is 0 Å². The Balaban J connectivity index is 2.93. The molecule has 0 bridgehead atoms. The Morgan fingerprint density at radius 1 is 1.05 bits per heavy atom. The van der Waals surface area contributed by atoms with Crippen LogP contribution in [0.5, 0.6) is 5.75 Å². The summed E-state index contributed by atoms with van der Waals surface area (Å²) in [6.07, 6.45) is 4.07. The highest BCUT2D eigenvalue weighted by atomic mass is 16.3. The van der Waals surface area contributed by atoms with Crippen molar-refractivity contribution in [2.75, 3.05) is 6.54 Å². The molecule has 1 aromatic rings. The van der Waals surface area contributed by atoms with Crippen LogP contribution in [0, 0.1) is 5.41 Å². The summed E-state index contributed by atoms with van der Waals surface area (Å²) in [5.74, 6) is 0.414. The van der Waals surface area contributed by atoms with Crippen LogP contribution < -0.4 is 5.73 Å². The van der Waals surface area contributed by atoms with Crippen molar-refractivity contribution >= 4 is 0 Å². The van der Waals surface area contributed by atoms with Crippen molar-refractivity contribution in [1.29, 1.82) is 0 Å². The van der Waals surface area contributed by atoms with Gasteiger partial charge in [-0.05, 0) is 60.3 Å². The minimum atomic E-state index is 0.120. The summed E-state index contributed by atoms with van der Waals surface area (Å²) in [5.41, 5.74) is 8.32. The lowest BCUT2D eigenvalue weighted by atomic mass is 9.72. The Labute approximate surface area is 124 Å². The van der Waals surface area contributed by atoms with E-state index in [4.69, 9.17) is 5.73 Å². The predicted molar refractivity (Wildman–Crippen MR) is 87.2 cm³/mol. The minimum absolute atomic E-state index is 0.120. The lowest BCUT2D eigenvalue weighted by molar-refractivity contribution is 0.284. The van der Waals surface area contributed by atoms with Gasteiger partial charge in [0.25, 0.3) is 0 Å². The highest BCUT2D eigenvalue weighted by molar-refractivity contribution is 5.39. The number of phenolic OH excluding ortho intramolecular Hbond substituents is 1. The van der Waals surface area contributed by atoms with Crippen LogP contribution in [0.2, 0.25) is 0 Å². The molecular formula is C18H31NO. The van der Waals surface area contributed by atoms with E-state index < -0.39 is 0 Å². The van der Waals surface area contributed by atoms with Crippen LogP contribution >= 0.6 is 0 Å². The lowest BCUT2D eigenvalue weighted by Gasteiger charge is -2.33. The molecule has 0 heterocycles. The van der Waals surface area contributed by atoms with Gasteiger partial charge in [-0.3, -0.25) is 0 Å². The Morgan fingerprint density at radius 3 is 2.25 bits per heavy atom. The average Bonchev–Trinajstić information content (AvgIpc) is 2.28. The third kappa shape index (κ3) is 5.16. The van der Waals surface area contributed by atoms with Gasteiger partial charge in [-0.1, -0.05) is 46.8 Å². The SMILES string of the molecule is CC(C)(C)CC(C)(C)c1ccc(O)c(CCCCN)c1. The van der Waals surface area contributed by atoms with Crippen LogP contribution in [-0.2, 0) is 11.8 Å². The first-order chi connectivity index (χ1) is 9.15. The zero-order chi connectivity index (χ0) is 15.4. The molecule has 0 unspecified atom stereocenters. The van der Waals surface area contributed by atoms with Gasteiger partial charge in [0, 0.05) is 0 Å². The van der Waals surface area contributed by atoms with Gasteiger partial charge in [-0.2, -0.15) is 0 Å². The van der Waals surface area contributed by atoms with Crippen LogP contribution in [-0.4, -0.2) is 11.7 Å². The standard InChI is InChI=1S/C18H31NO/c1-17(2,3)13-18(4,5)15-9-10-16(20)14(12-15)8-6-7-11-19/h9-10,12,20H,6-8,11,13,19H2,1-5H3. The van der Waals surface area contributed by atoms with Crippen molar-refractivity contribution in [2.45, 2.75) is 65.7 Å². The smallest absolute Gasteiger partial charge is 0.118 e. The Morgan fingerprint density at radius 2 is 1.70 bits per heavy atom. The Bertz CT molecular complexity index is 430. The maximum Gasteiger partial charge on any atom is 0.118 e. The maximum atomic E-state index is 10.0. The average molecular weight is 277 g/mol. The molecular weight excluding hydrogens is 246 g/mol. The third-order valence-electron chi connectivity index (χ3n) is 3.73. The summed E-state index contributed by atoms with van der Waals surface area (Å²) < 4.78 is 0. The van der Waals surface area contributed by atoms with E-state index >= 15 is 0 Å². The quantitative estimate of drug-likeness (QED) is 0.758.